The number of rotatable bonds is 38. The van der Waals surface area contributed by atoms with Gasteiger partial charge in [0.2, 0.25) is 0 Å². The predicted octanol–water partition coefficient (Wildman–Crippen LogP) is 9.69. The molecule has 0 aliphatic heterocycles. The summed E-state index contributed by atoms with van der Waals surface area (Å²) < 4.78 is 34.3. The van der Waals surface area contributed by atoms with Gasteiger partial charge in [-0.05, 0) is 69.8 Å². The van der Waals surface area contributed by atoms with E-state index < -0.39 is 32.1 Å². The zero-order valence-electron chi connectivity index (χ0n) is 37.2. The number of carbonyl (C=O) groups is 2. The van der Waals surface area contributed by atoms with Crippen LogP contribution in [0.4, 0.5) is 0 Å². The maximum absolute atomic E-state index is 12.6. The van der Waals surface area contributed by atoms with Crippen LogP contribution in [0.5, 0.6) is 0 Å². The van der Waals surface area contributed by atoms with Gasteiger partial charge in [-0.2, -0.15) is 0 Å². The lowest BCUT2D eigenvalue weighted by molar-refractivity contribution is -0.870. The summed E-state index contributed by atoms with van der Waals surface area (Å²) >= 11 is 0. The number of aliphatic hydroxyl groups is 2. The van der Waals surface area contributed by atoms with Gasteiger partial charge >= 0.3 is 5.97 Å². The molecule has 1 aliphatic rings. The first kappa shape index (κ1) is 54.2. The fourth-order valence-electron chi connectivity index (χ4n) is 6.96. The van der Waals surface area contributed by atoms with Crippen molar-refractivity contribution in [2.45, 2.75) is 186 Å². The number of Topliss-reactive ketones (excluding diaryl/α,β-unsaturated/α-hetero) is 1. The Hall–Kier alpha value is -1.85. The second-order valence-corrected chi connectivity index (χ2v) is 18.7. The quantitative estimate of drug-likeness (QED) is 0.0154. The molecule has 6 atom stereocenters. The van der Waals surface area contributed by atoms with E-state index in [-0.39, 0.29) is 50.3 Å². The van der Waals surface area contributed by atoms with E-state index in [4.69, 9.17) is 18.5 Å². The van der Waals surface area contributed by atoms with E-state index in [1.807, 2.05) is 27.2 Å². The summed E-state index contributed by atoms with van der Waals surface area (Å²) in [7, 11) is 1.22. The Morgan fingerprint density at radius 2 is 1.41 bits per heavy atom. The minimum absolute atomic E-state index is 0.0134. The second kappa shape index (κ2) is 33.8. The van der Waals surface area contributed by atoms with Gasteiger partial charge in [0, 0.05) is 18.8 Å². The van der Waals surface area contributed by atoms with Crippen molar-refractivity contribution in [1.29, 1.82) is 0 Å². The molecule has 2 N–H and O–H groups in total. The van der Waals surface area contributed by atoms with Gasteiger partial charge in [-0.15, -0.1) is 0 Å². The number of phosphoric ester groups is 1. The van der Waals surface area contributed by atoms with E-state index in [1.54, 1.807) is 12.2 Å². The zero-order valence-corrected chi connectivity index (χ0v) is 38.1. The molecule has 0 heterocycles. The first-order valence-electron chi connectivity index (χ1n) is 22.9. The summed E-state index contributed by atoms with van der Waals surface area (Å²) in [6, 6.07) is 0. The molecule has 0 saturated heterocycles. The molecule has 0 spiro atoms. The molecule has 0 aromatic rings. The molecule has 1 fully saturated rings. The molecule has 58 heavy (non-hydrogen) atoms. The highest BCUT2D eigenvalue weighted by Gasteiger charge is 2.39. The molecule has 0 aromatic carbocycles. The van der Waals surface area contributed by atoms with Crippen molar-refractivity contribution in [2.24, 2.45) is 11.8 Å². The summed E-state index contributed by atoms with van der Waals surface area (Å²) in [6.07, 6.45) is 33.0. The third kappa shape index (κ3) is 30.2. The molecule has 12 heteroatoms. The average molecular weight is 842 g/mol. The van der Waals surface area contributed by atoms with Crippen molar-refractivity contribution in [1.82, 2.24) is 0 Å². The maximum Gasteiger partial charge on any atom is 0.305 e. The van der Waals surface area contributed by atoms with Gasteiger partial charge in [0.25, 0.3) is 7.82 Å². The van der Waals surface area contributed by atoms with Crippen LogP contribution in [0.3, 0.4) is 0 Å². The molecule has 1 rings (SSSR count). The third-order valence-electron chi connectivity index (χ3n) is 10.7. The van der Waals surface area contributed by atoms with Crippen LogP contribution in [0.1, 0.15) is 168 Å². The highest BCUT2D eigenvalue weighted by atomic mass is 31.2. The van der Waals surface area contributed by atoms with E-state index in [9.17, 15) is 29.3 Å². The molecule has 0 amide bonds. The van der Waals surface area contributed by atoms with Gasteiger partial charge in [-0.3, -0.25) is 14.2 Å². The lowest BCUT2D eigenvalue weighted by atomic mass is 9.88. The number of quaternary nitrogens is 1. The molecular formula is C46H84NO10P. The predicted molar refractivity (Wildman–Crippen MR) is 232 cm³/mol. The first-order valence-corrected chi connectivity index (χ1v) is 24.3. The van der Waals surface area contributed by atoms with Crippen molar-refractivity contribution in [3.05, 3.63) is 36.6 Å². The Morgan fingerprint density at radius 1 is 0.828 bits per heavy atom. The van der Waals surface area contributed by atoms with Gasteiger partial charge in [-0.25, -0.2) is 0 Å². The minimum Gasteiger partial charge on any atom is -0.756 e. The lowest BCUT2D eigenvalue weighted by Crippen LogP contribution is -2.37. The van der Waals surface area contributed by atoms with Gasteiger partial charge in [-0.1, -0.05) is 122 Å². The van der Waals surface area contributed by atoms with E-state index in [0.717, 1.165) is 64.2 Å². The summed E-state index contributed by atoms with van der Waals surface area (Å²) in [5.41, 5.74) is 0. The van der Waals surface area contributed by atoms with Crippen LogP contribution in [0.2, 0.25) is 0 Å². The smallest absolute Gasteiger partial charge is 0.305 e. The van der Waals surface area contributed by atoms with Crippen molar-refractivity contribution < 1.29 is 52.3 Å². The SMILES string of the molecule is CCCCCCCC/C=C\CCCCCC/C=C/O[C@H](COC(=O)CCCCCC[C@H]1[C@@H](O)CC(=O)[C@@H]1/C=C/[C@@H](O)CCCCC)COP(=O)([O-])OCC[N+](C)(C)C. The fraction of sp³-hybridized carbons (Fsp3) is 0.826. The fourth-order valence-corrected chi connectivity index (χ4v) is 7.69. The number of allylic oxidation sites excluding steroid dienone is 4. The first-order chi connectivity index (χ1) is 27.8. The number of nitrogens with zero attached hydrogens (tertiary/aromatic N) is 1. The highest BCUT2D eigenvalue weighted by Crippen LogP contribution is 2.38. The Balaban J connectivity index is 2.43. The van der Waals surface area contributed by atoms with Crippen molar-refractivity contribution in [2.75, 3.05) is 47.5 Å². The van der Waals surface area contributed by atoms with E-state index in [2.05, 4.69) is 26.0 Å². The standard InChI is InChI=1S/C46H84NO10P/c1-6-8-10-11-12-13-14-15-16-17-18-19-20-21-24-28-35-54-41(39-57-58(52,53)56-36-34-47(3,4)5)38-55-46(51)31-27-23-22-26-30-42-43(45(50)37-44(42)49)33-32-40(48)29-25-9-7-2/h15-16,28,32-33,35,40-44,48-49H,6-14,17-27,29-31,34,36-39H2,1-5H3/b16-15-,33-32+,35-28+/t40-,41+,42+,43+,44-/m0/s1. The minimum atomic E-state index is -4.58. The van der Waals surface area contributed by atoms with E-state index in [0.29, 0.717) is 30.3 Å². The summed E-state index contributed by atoms with van der Waals surface area (Å²) in [4.78, 5) is 37.6. The number of aliphatic hydroxyl groups excluding tert-OH is 2. The van der Waals surface area contributed by atoms with Crippen LogP contribution in [0.25, 0.3) is 0 Å². The monoisotopic (exact) mass is 842 g/mol. The average Bonchev–Trinajstić information content (AvgIpc) is 3.44. The number of hydrogen-bond donors (Lipinski definition) is 2. The summed E-state index contributed by atoms with van der Waals surface area (Å²) in [6.45, 7) is 4.32. The molecule has 0 bridgehead atoms. The van der Waals surface area contributed by atoms with Crippen molar-refractivity contribution >= 4 is 19.6 Å². The number of ketones is 1. The van der Waals surface area contributed by atoms with Gasteiger partial charge in [0.05, 0.1) is 46.2 Å². The van der Waals surface area contributed by atoms with Crippen LogP contribution < -0.4 is 4.89 Å². The van der Waals surface area contributed by atoms with Crippen molar-refractivity contribution in [3.8, 4) is 0 Å². The molecule has 1 saturated carbocycles. The van der Waals surface area contributed by atoms with Gasteiger partial charge in [0.15, 0.2) is 6.10 Å². The highest BCUT2D eigenvalue weighted by molar-refractivity contribution is 7.45. The van der Waals surface area contributed by atoms with Gasteiger partial charge < -0.3 is 38.1 Å². The van der Waals surface area contributed by atoms with E-state index >= 15 is 0 Å². The van der Waals surface area contributed by atoms with Crippen LogP contribution in [0.15, 0.2) is 36.6 Å². The second-order valence-electron chi connectivity index (χ2n) is 17.3. The normalized spacial score (nSPS) is 19.7. The molecular weight excluding hydrogens is 757 g/mol. The Labute approximate surface area is 353 Å². The maximum atomic E-state index is 12.6. The molecule has 338 valence electrons. The number of hydrogen-bond acceptors (Lipinski definition) is 10. The number of likely N-dealkylation sites (N-methyl/N-ethyl adjacent to an activating group) is 1. The Bertz CT molecular complexity index is 1190. The summed E-state index contributed by atoms with van der Waals surface area (Å²) in [5.74, 6) is -0.909. The van der Waals surface area contributed by atoms with E-state index in [1.165, 1.54) is 64.0 Å². The topological polar surface area (TPSA) is 152 Å². The van der Waals surface area contributed by atoms with Crippen LogP contribution in [-0.2, 0) is 32.7 Å². The summed E-state index contributed by atoms with van der Waals surface area (Å²) in [5, 5.41) is 20.8. The zero-order chi connectivity index (χ0) is 42.9. The Morgan fingerprint density at radius 3 is 2.07 bits per heavy atom. The number of carbonyl (C=O) groups excluding carboxylic acids is 2. The van der Waals surface area contributed by atoms with Crippen molar-refractivity contribution in [3.63, 3.8) is 0 Å². The molecule has 1 unspecified atom stereocenters. The molecule has 0 radical (unpaired) electrons. The number of phosphoric acid groups is 1. The molecule has 11 nitrogen and oxygen atoms in total. The number of ether oxygens (including phenoxy) is 2. The largest absolute Gasteiger partial charge is 0.756 e. The third-order valence-corrected chi connectivity index (χ3v) is 11.6. The Kier molecular flexibility index (Phi) is 31.6. The number of esters is 1. The van der Waals surface area contributed by atoms with Gasteiger partial charge in [0.1, 0.15) is 25.5 Å². The van der Waals surface area contributed by atoms with Crippen LogP contribution in [0, 0.1) is 11.8 Å². The van der Waals surface area contributed by atoms with Crippen LogP contribution >= 0.6 is 7.82 Å². The molecule has 0 aromatic heterocycles. The molecule has 1 aliphatic carbocycles. The van der Waals surface area contributed by atoms with Crippen LogP contribution in [-0.4, -0.2) is 92.3 Å². The number of unbranched alkanes of at least 4 members (excludes halogenated alkanes) is 16. The lowest BCUT2D eigenvalue weighted by Gasteiger charge is -2.28.